The number of hydrogen-bond acceptors (Lipinski definition) is 3. The predicted molar refractivity (Wildman–Crippen MR) is 75.0 cm³/mol. The fourth-order valence-corrected chi connectivity index (χ4v) is 2.53. The number of ketones is 1. The van der Waals surface area contributed by atoms with Crippen molar-refractivity contribution in [3.05, 3.63) is 51.2 Å². The van der Waals surface area contributed by atoms with Crippen LogP contribution in [0.25, 0.3) is 0 Å². The van der Waals surface area contributed by atoms with Crippen molar-refractivity contribution in [3.8, 4) is 5.75 Å². The van der Waals surface area contributed by atoms with Gasteiger partial charge in [-0.2, -0.15) is 0 Å². The van der Waals surface area contributed by atoms with E-state index in [9.17, 15) is 4.79 Å². The molecule has 1 heterocycles. The predicted octanol–water partition coefficient (Wildman–Crippen LogP) is 4.42. The van der Waals surface area contributed by atoms with Gasteiger partial charge in [0.15, 0.2) is 0 Å². The first-order valence-corrected chi connectivity index (χ1v) is 6.93. The highest BCUT2D eigenvalue weighted by Crippen LogP contribution is 2.25. The summed E-state index contributed by atoms with van der Waals surface area (Å²) in [7, 11) is 0. The maximum atomic E-state index is 12.2. The van der Waals surface area contributed by atoms with E-state index in [4.69, 9.17) is 16.3 Å². The number of benzene rings is 1. The number of ether oxygens (including phenoxy) is 1. The number of carbonyl (C=O) groups is 1. The molecule has 2 aromatic rings. The van der Waals surface area contributed by atoms with Gasteiger partial charge in [-0.3, -0.25) is 4.79 Å². The Labute approximate surface area is 115 Å². The molecule has 94 valence electrons. The van der Waals surface area contributed by atoms with Gasteiger partial charge in [0.2, 0.25) is 5.78 Å². The highest BCUT2D eigenvalue weighted by atomic mass is 35.5. The number of hydrogen-bond donors (Lipinski definition) is 0. The molecule has 0 radical (unpaired) electrons. The highest BCUT2D eigenvalue weighted by molar-refractivity contribution is 7.18. The van der Waals surface area contributed by atoms with Gasteiger partial charge >= 0.3 is 0 Å². The number of thiophene rings is 1. The van der Waals surface area contributed by atoms with Crippen LogP contribution in [0.5, 0.6) is 5.75 Å². The largest absolute Gasteiger partial charge is 0.494 e. The molecule has 1 aromatic heterocycles. The molecule has 0 spiro atoms. The average Bonchev–Trinajstić information content (AvgIpc) is 2.82. The Bertz CT molecular complexity index is 548. The normalized spacial score (nSPS) is 10.3. The minimum absolute atomic E-state index is 0.0196. The van der Waals surface area contributed by atoms with Crippen molar-refractivity contribution in [2.24, 2.45) is 0 Å². The van der Waals surface area contributed by atoms with Crippen LogP contribution in [0.2, 0.25) is 4.34 Å². The Kier molecular flexibility index (Phi) is 4.39. The van der Waals surface area contributed by atoms with Gasteiger partial charge in [-0.1, -0.05) is 30.7 Å². The third kappa shape index (κ3) is 3.12. The van der Waals surface area contributed by atoms with E-state index in [1.54, 1.807) is 24.3 Å². The van der Waals surface area contributed by atoms with E-state index in [2.05, 4.69) is 0 Å². The monoisotopic (exact) mass is 280 g/mol. The summed E-state index contributed by atoms with van der Waals surface area (Å²) in [5, 5.41) is 0. The van der Waals surface area contributed by atoms with Gasteiger partial charge in [-0.05, 0) is 30.7 Å². The molecule has 0 saturated carbocycles. The van der Waals surface area contributed by atoms with Gasteiger partial charge in [0.1, 0.15) is 5.75 Å². The molecule has 0 amide bonds. The fraction of sp³-hybridized carbons (Fsp3) is 0.214. The summed E-state index contributed by atoms with van der Waals surface area (Å²) in [6.07, 6.45) is 0.943. The minimum Gasteiger partial charge on any atom is -0.494 e. The number of carbonyl (C=O) groups excluding carboxylic acids is 1. The Hall–Kier alpha value is -1.32. The smallest absolute Gasteiger partial charge is 0.203 e. The van der Waals surface area contributed by atoms with E-state index in [0.717, 1.165) is 12.2 Å². The van der Waals surface area contributed by atoms with Crippen molar-refractivity contribution in [1.29, 1.82) is 0 Å². The summed E-state index contributed by atoms with van der Waals surface area (Å²) in [5.41, 5.74) is 0.627. The Balaban J connectivity index is 2.20. The molecule has 4 heteroatoms. The van der Waals surface area contributed by atoms with E-state index in [0.29, 0.717) is 21.4 Å². The first-order valence-electron chi connectivity index (χ1n) is 5.73. The van der Waals surface area contributed by atoms with Crippen molar-refractivity contribution in [2.75, 3.05) is 6.61 Å². The second-order valence-corrected chi connectivity index (χ2v) is 5.52. The molecule has 0 aliphatic heterocycles. The zero-order chi connectivity index (χ0) is 13.0. The molecule has 0 fully saturated rings. The summed E-state index contributed by atoms with van der Waals surface area (Å²) in [4.78, 5) is 12.8. The third-order valence-electron chi connectivity index (χ3n) is 2.37. The summed E-state index contributed by atoms with van der Waals surface area (Å²) in [6, 6.07) is 10.7. The van der Waals surface area contributed by atoms with Crippen molar-refractivity contribution in [2.45, 2.75) is 13.3 Å². The zero-order valence-electron chi connectivity index (χ0n) is 9.98. The summed E-state index contributed by atoms with van der Waals surface area (Å²) in [5.74, 6) is 0.708. The molecule has 1 aromatic carbocycles. The molecule has 0 aliphatic rings. The lowest BCUT2D eigenvalue weighted by molar-refractivity contribution is 0.104. The van der Waals surface area contributed by atoms with Crippen molar-refractivity contribution in [3.63, 3.8) is 0 Å². The van der Waals surface area contributed by atoms with Crippen molar-refractivity contribution >= 4 is 28.7 Å². The van der Waals surface area contributed by atoms with Gasteiger partial charge in [0, 0.05) is 5.56 Å². The molecule has 2 rings (SSSR count). The van der Waals surface area contributed by atoms with Crippen LogP contribution in [0.4, 0.5) is 0 Å². The zero-order valence-corrected chi connectivity index (χ0v) is 11.6. The number of halogens is 1. The molecule has 0 bridgehead atoms. The standard InChI is InChI=1S/C14H13ClO2S/c1-2-8-17-11-5-3-4-10(9-11)14(16)12-6-7-13(15)18-12/h3-7,9H,2,8H2,1H3. The molecule has 0 atom stereocenters. The molecule has 0 saturated heterocycles. The van der Waals surface area contributed by atoms with E-state index >= 15 is 0 Å². The van der Waals surface area contributed by atoms with Gasteiger partial charge in [-0.25, -0.2) is 0 Å². The lowest BCUT2D eigenvalue weighted by atomic mass is 10.1. The second kappa shape index (κ2) is 6.03. The third-order valence-corrected chi connectivity index (χ3v) is 3.60. The van der Waals surface area contributed by atoms with Crippen LogP contribution in [0.1, 0.15) is 28.6 Å². The van der Waals surface area contributed by atoms with Crippen molar-refractivity contribution < 1.29 is 9.53 Å². The van der Waals surface area contributed by atoms with E-state index in [1.165, 1.54) is 11.3 Å². The molecular formula is C14H13ClO2S. The van der Waals surface area contributed by atoms with Gasteiger partial charge in [0.05, 0.1) is 15.8 Å². The fourth-order valence-electron chi connectivity index (χ4n) is 1.53. The average molecular weight is 281 g/mol. The molecule has 18 heavy (non-hydrogen) atoms. The Morgan fingerprint density at radius 1 is 1.33 bits per heavy atom. The lowest BCUT2D eigenvalue weighted by Crippen LogP contribution is -2.00. The topological polar surface area (TPSA) is 26.3 Å². The van der Waals surface area contributed by atoms with Crippen LogP contribution in [0.3, 0.4) is 0 Å². The Morgan fingerprint density at radius 2 is 2.17 bits per heavy atom. The maximum Gasteiger partial charge on any atom is 0.203 e. The van der Waals surface area contributed by atoms with E-state index in [-0.39, 0.29) is 5.78 Å². The first-order chi connectivity index (χ1) is 8.70. The van der Waals surface area contributed by atoms with E-state index < -0.39 is 0 Å². The van der Waals surface area contributed by atoms with Gasteiger partial charge < -0.3 is 4.74 Å². The number of rotatable bonds is 5. The maximum absolute atomic E-state index is 12.2. The van der Waals surface area contributed by atoms with Crippen LogP contribution < -0.4 is 4.74 Å². The quantitative estimate of drug-likeness (QED) is 0.758. The van der Waals surface area contributed by atoms with Gasteiger partial charge in [-0.15, -0.1) is 11.3 Å². The second-order valence-electron chi connectivity index (χ2n) is 3.81. The SMILES string of the molecule is CCCOc1cccc(C(=O)c2ccc(Cl)s2)c1. The molecular weight excluding hydrogens is 268 g/mol. The van der Waals surface area contributed by atoms with Crippen LogP contribution >= 0.6 is 22.9 Å². The van der Waals surface area contributed by atoms with Crippen LogP contribution in [-0.2, 0) is 0 Å². The summed E-state index contributed by atoms with van der Waals surface area (Å²) >= 11 is 7.12. The molecule has 0 N–H and O–H groups in total. The first kappa shape index (κ1) is 13.1. The lowest BCUT2D eigenvalue weighted by Gasteiger charge is -2.05. The Morgan fingerprint density at radius 3 is 2.83 bits per heavy atom. The van der Waals surface area contributed by atoms with Crippen LogP contribution in [0.15, 0.2) is 36.4 Å². The van der Waals surface area contributed by atoms with Gasteiger partial charge in [0.25, 0.3) is 0 Å². The van der Waals surface area contributed by atoms with E-state index in [1.807, 2.05) is 19.1 Å². The highest BCUT2D eigenvalue weighted by Gasteiger charge is 2.12. The molecule has 2 nitrogen and oxygen atoms in total. The molecule has 0 unspecified atom stereocenters. The van der Waals surface area contributed by atoms with Crippen LogP contribution in [0, 0.1) is 0 Å². The molecule has 0 aliphatic carbocycles. The van der Waals surface area contributed by atoms with Crippen LogP contribution in [-0.4, -0.2) is 12.4 Å². The van der Waals surface area contributed by atoms with Crippen molar-refractivity contribution in [1.82, 2.24) is 0 Å². The summed E-state index contributed by atoms with van der Waals surface area (Å²) < 4.78 is 6.13. The summed E-state index contributed by atoms with van der Waals surface area (Å²) in [6.45, 7) is 2.70. The minimum atomic E-state index is -0.0196.